The van der Waals surface area contributed by atoms with Gasteiger partial charge in [-0.15, -0.1) is 0 Å². The van der Waals surface area contributed by atoms with E-state index in [0.29, 0.717) is 46.8 Å². The van der Waals surface area contributed by atoms with Crippen molar-refractivity contribution in [3.05, 3.63) is 52.4 Å². The van der Waals surface area contributed by atoms with Gasteiger partial charge in [0.1, 0.15) is 36.9 Å². The fourth-order valence-electron chi connectivity index (χ4n) is 3.65. The van der Waals surface area contributed by atoms with Crippen molar-refractivity contribution in [3.8, 4) is 28.4 Å². The van der Waals surface area contributed by atoms with Gasteiger partial charge in [-0.25, -0.2) is 0 Å². The van der Waals surface area contributed by atoms with E-state index >= 15 is 0 Å². The van der Waals surface area contributed by atoms with Gasteiger partial charge in [-0.05, 0) is 35.7 Å². The van der Waals surface area contributed by atoms with Crippen LogP contribution >= 0.6 is 0 Å². The molecule has 8 nitrogen and oxygen atoms in total. The Morgan fingerprint density at radius 1 is 1.13 bits per heavy atom. The summed E-state index contributed by atoms with van der Waals surface area (Å²) in [7, 11) is 0. The van der Waals surface area contributed by atoms with E-state index in [1.807, 2.05) is 0 Å². The lowest BCUT2D eigenvalue weighted by Crippen LogP contribution is -2.40. The van der Waals surface area contributed by atoms with Crippen LogP contribution < -0.4 is 20.2 Å². The van der Waals surface area contributed by atoms with Crippen LogP contribution in [-0.4, -0.2) is 35.4 Å². The number of fused-ring (bicyclic) bond motifs is 2. The molecule has 1 aliphatic rings. The summed E-state index contributed by atoms with van der Waals surface area (Å²) in [4.78, 5) is 24.6. The summed E-state index contributed by atoms with van der Waals surface area (Å²) in [6.45, 7) is 4.52. The van der Waals surface area contributed by atoms with Crippen molar-refractivity contribution < 1.29 is 28.9 Å². The predicted octanol–water partition coefficient (Wildman–Crippen LogP) is 3.14. The second-order valence-electron chi connectivity index (χ2n) is 7.72. The number of nitrogens with one attached hydrogen (secondary N) is 1. The molecular formula is C23H23NO7. The van der Waals surface area contributed by atoms with Gasteiger partial charge in [-0.2, -0.15) is 0 Å². The molecule has 0 saturated carbocycles. The Hall–Kier alpha value is -3.52. The first kappa shape index (κ1) is 20.7. The minimum Gasteiger partial charge on any atom is -0.507 e. The van der Waals surface area contributed by atoms with Crippen LogP contribution in [0, 0.1) is 5.92 Å². The van der Waals surface area contributed by atoms with Crippen molar-refractivity contribution in [1.29, 1.82) is 0 Å². The van der Waals surface area contributed by atoms with E-state index in [0.717, 1.165) is 0 Å². The van der Waals surface area contributed by atoms with Gasteiger partial charge in [0.2, 0.25) is 5.43 Å². The zero-order valence-electron chi connectivity index (χ0n) is 17.2. The number of benzene rings is 2. The van der Waals surface area contributed by atoms with Crippen molar-refractivity contribution in [2.45, 2.75) is 26.4 Å². The number of hydrogen-bond acceptors (Lipinski definition) is 7. The highest BCUT2D eigenvalue weighted by Gasteiger charge is 2.23. The molecule has 0 radical (unpaired) electrons. The molecule has 3 N–H and O–H groups in total. The zero-order chi connectivity index (χ0) is 22.1. The number of aliphatic carboxylic acids is 1. The number of carbonyl (C=O) groups is 1. The van der Waals surface area contributed by atoms with Crippen LogP contribution in [-0.2, 0) is 11.3 Å². The van der Waals surface area contributed by atoms with Crippen molar-refractivity contribution in [1.82, 2.24) is 5.32 Å². The molecule has 0 saturated heterocycles. The van der Waals surface area contributed by atoms with Gasteiger partial charge in [0.15, 0.2) is 11.5 Å². The van der Waals surface area contributed by atoms with Gasteiger partial charge in [0.25, 0.3) is 0 Å². The molecule has 1 unspecified atom stereocenters. The molecule has 2 heterocycles. The lowest BCUT2D eigenvalue weighted by Gasteiger charge is -2.19. The van der Waals surface area contributed by atoms with Crippen LogP contribution in [0.1, 0.15) is 19.4 Å². The molecular weight excluding hydrogens is 402 g/mol. The Bertz CT molecular complexity index is 1200. The van der Waals surface area contributed by atoms with E-state index in [1.54, 1.807) is 32.0 Å². The summed E-state index contributed by atoms with van der Waals surface area (Å²) in [6, 6.07) is 7.34. The number of aromatic hydroxyl groups is 1. The second kappa shape index (κ2) is 8.31. The highest BCUT2D eigenvalue weighted by Crippen LogP contribution is 2.35. The van der Waals surface area contributed by atoms with Crippen molar-refractivity contribution in [2.24, 2.45) is 5.92 Å². The van der Waals surface area contributed by atoms with E-state index in [-0.39, 0.29) is 29.2 Å². The molecule has 0 fully saturated rings. The molecule has 1 aromatic heterocycles. The van der Waals surface area contributed by atoms with Gasteiger partial charge >= 0.3 is 5.97 Å². The van der Waals surface area contributed by atoms with Crippen LogP contribution in [0.4, 0.5) is 0 Å². The predicted molar refractivity (Wildman–Crippen MR) is 114 cm³/mol. The summed E-state index contributed by atoms with van der Waals surface area (Å²) in [6.07, 6.45) is 1.34. The van der Waals surface area contributed by atoms with E-state index in [9.17, 15) is 19.8 Å². The Balaban J connectivity index is 1.73. The molecule has 31 heavy (non-hydrogen) atoms. The van der Waals surface area contributed by atoms with Gasteiger partial charge in [-0.3, -0.25) is 14.9 Å². The lowest BCUT2D eigenvalue weighted by molar-refractivity contribution is -0.140. The summed E-state index contributed by atoms with van der Waals surface area (Å²) >= 11 is 0. The Kier molecular flexibility index (Phi) is 5.56. The summed E-state index contributed by atoms with van der Waals surface area (Å²) in [5.41, 5.74) is 1.25. The maximum absolute atomic E-state index is 13.2. The van der Waals surface area contributed by atoms with Crippen LogP contribution in [0.5, 0.6) is 17.2 Å². The second-order valence-corrected chi connectivity index (χ2v) is 7.72. The van der Waals surface area contributed by atoms with Crippen molar-refractivity contribution >= 4 is 16.9 Å². The first-order valence-corrected chi connectivity index (χ1v) is 9.99. The molecule has 8 heteroatoms. The average molecular weight is 425 g/mol. The smallest absolute Gasteiger partial charge is 0.320 e. The van der Waals surface area contributed by atoms with Crippen molar-refractivity contribution in [3.63, 3.8) is 0 Å². The third kappa shape index (κ3) is 3.94. The number of hydrogen-bond donors (Lipinski definition) is 3. The zero-order valence-corrected chi connectivity index (χ0v) is 17.2. The molecule has 1 atom stereocenters. The normalized spacial score (nSPS) is 14.0. The third-order valence-electron chi connectivity index (χ3n) is 5.30. The number of phenolic OH excluding ortho intramolecular Hbond substituents is 1. The topological polar surface area (TPSA) is 118 Å². The molecule has 4 rings (SSSR count). The number of carboxylic acid groups (broad SMARTS) is 1. The van der Waals surface area contributed by atoms with Crippen LogP contribution in [0.15, 0.2) is 45.8 Å². The quantitative estimate of drug-likeness (QED) is 0.551. The molecule has 0 bridgehead atoms. The molecule has 3 aromatic rings. The first-order chi connectivity index (χ1) is 14.9. The maximum Gasteiger partial charge on any atom is 0.320 e. The van der Waals surface area contributed by atoms with Crippen molar-refractivity contribution in [2.75, 3.05) is 13.2 Å². The summed E-state index contributed by atoms with van der Waals surface area (Å²) in [5, 5.41) is 22.9. The number of rotatable bonds is 6. The molecule has 1 aliphatic heterocycles. The third-order valence-corrected chi connectivity index (χ3v) is 5.30. The highest BCUT2D eigenvalue weighted by atomic mass is 16.6. The summed E-state index contributed by atoms with van der Waals surface area (Å²) < 4.78 is 16.9. The lowest BCUT2D eigenvalue weighted by atomic mass is 10.0. The number of carboxylic acids is 1. The molecule has 162 valence electrons. The largest absolute Gasteiger partial charge is 0.507 e. The van der Waals surface area contributed by atoms with E-state index in [2.05, 4.69) is 5.32 Å². The van der Waals surface area contributed by atoms with E-state index in [4.69, 9.17) is 13.9 Å². The van der Waals surface area contributed by atoms with Gasteiger partial charge < -0.3 is 24.1 Å². The minimum atomic E-state index is -0.989. The maximum atomic E-state index is 13.2. The SMILES string of the molecule is CC(C)C(NCc1c(O)ccc2c(=O)c(-c3ccc4c(c3)OCCO4)coc12)C(=O)O. The molecule has 0 spiro atoms. The summed E-state index contributed by atoms with van der Waals surface area (Å²) in [5.74, 6) is -0.0486. The van der Waals surface area contributed by atoms with Crippen LogP contribution in [0.3, 0.4) is 0 Å². The van der Waals surface area contributed by atoms with Gasteiger partial charge in [0, 0.05) is 6.54 Å². The first-order valence-electron chi connectivity index (χ1n) is 9.99. The minimum absolute atomic E-state index is 0.0324. The fraction of sp³-hybridized carbons (Fsp3) is 0.304. The number of phenols is 1. The van der Waals surface area contributed by atoms with Crippen LogP contribution in [0.2, 0.25) is 0 Å². The van der Waals surface area contributed by atoms with Gasteiger partial charge in [0.05, 0.1) is 16.5 Å². The van der Waals surface area contributed by atoms with Gasteiger partial charge in [-0.1, -0.05) is 19.9 Å². The molecule has 2 aromatic carbocycles. The Labute approximate surface area is 178 Å². The van der Waals surface area contributed by atoms with Crippen LogP contribution in [0.25, 0.3) is 22.1 Å². The Morgan fingerprint density at radius 3 is 2.58 bits per heavy atom. The van der Waals surface area contributed by atoms with E-state index < -0.39 is 12.0 Å². The van der Waals surface area contributed by atoms with E-state index in [1.165, 1.54) is 18.4 Å². The standard InChI is InChI=1S/C23H23NO7/c1-12(2)20(23(27)28)24-10-15-17(25)5-4-14-21(26)16(11-31-22(14)15)13-3-6-18-19(9-13)30-8-7-29-18/h3-6,9,11-12,20,24-25H,7-8,10H2,1-2H3,(H,27,28). The average Bonchev–Trinajstić information content (AvgIpc) is 2.74. The fourth-order valence-corrected chi connectivity index (χ4v) is 3.65. The monoisotopic (exact) mass is 425 g/mol. The molecule has 0 aliphatic carbocycles. The number of ether oxygens (including phenoxy) is 2. The molecule has 0 amide bonds. The highest BCUT2D eigenvalue weighted by molar-refractivity contribution is 5.86. The Morgan fingerprint density at radius 2 is 1.87 bits per heavy atom.